The van der Waals surface area contributed by atoms with Crippen LogP contribution in [0.3, 0.4) is 0 Å². The molecule has 0 aliphatic rings. The molecule has 0 radical (unpaired) electrons. The van der Waals surface area contributed by atoms with Crippen LogP contribution in [0.2, 0.25) is 0 Å². The van der Waals surface area contributed by atoms with Gasteiger partial charge in [-0.05, 0) is 23.8 Å². The summed E-state index contributed by atoms with van der Waals surface area (Å²) in [5.41, 5.74) is 1.60. The number of carbonyl (C=O) groups excluding carboxylic acids is 1. The molecule has 0 aliphatic carbocycles. The van der Waals surface area contributed by atoms with Crippen molar-refractivity contribution < 1.29 is 27.5 Å². The monoisotopic (exact) mass is 376 g/mol. The van der Waals surface area contributed by atoms with Crippen LogP contribution in [-0.4, -0.2) is 42.7 Å². The number of carboxylic acid groups (broad SMARTS) is 1. The molecule has 1 aromatic carbocycles. The van der Waals surface area contributed by atoms with E-state index in [4.69, 9.17) is 4.42 Å². The number of para-hydroxylation sites is 1. The third-order valence-corrected chi connectivity index (χ3v) is 4.82. The Morgan fingerprint density at radius 2 is 1.96 bits per heavy atom. The Balaban J connectivity index is 1.79. The Bertz CT molecular complexity index is 1080. The quantitative estimate of drug-likeness (QED) is 0.599. The predicted octanol–water partition coefficient (Wildman–Crippen LogP) is 1.59. The molecule has 3 aromatic rings. The number of aromatic amines is 1. The molecule has 1 atom stereocenters. The van der Waals surface area contributed by atoms with E-state index in [9.17, 15) is 23.1 Å². The van der Waals surface area contributed by atoms with Gasteiger partial charge in [0.15, 0.2) is 5.76 Å². The number of aliphatic carboxylic acids is 1. The lowest BCUT2D eigenvalue weighted by molar-refractivity contribution is -0.139. The van der Waals surface area contributed by atoms with Crippen molar-refractivity contribution in [2.24, 2.45) is 0 Å². The minimum absolute atomic E-state index is 0.0602. The van der Waals surface area contributed by atoms with Gasteiger partial charge in [0.25, 0.3) is 5.91 Å². The zero-order valence-corrected chi connectivity index (χ0v) is 14.5. The number of carboxylic acids is 1. The predicted molar refractivity (Wildman–Crippen MR) is 92.7 cm³/mol. The average Bonchev–Trinajstić information content (AvgIpc) is 3.21. The van der Waals surface area contributed by atoms with Gasteiger partial charge < -0.3 is 19.8 Å². The number of nitrogens with one attached hydrogen (secondary N) is 2. The van der Waals surface area contributed by atoms with Gasteiger partial charge in [-0.2, -0.15) is 0 Å². The summed E-state index contributed by atoms with van der Waals surface area (Å²) in [5, 5.41) is 12.3. The molecule has 136 valence electrons. The SMILES string of the molecule is CS(=O)(=O)c1ccc(C(=O)N[C@H](Cc2c[nH]c3ccccc23)C(=O)O)o1. The number of furan rings is 1. The van der Waals surface area contributed by atoms with Crippen molar-refractivity contribution in [1.82, 2.24) is 10.3 Å². The summed E-state index contributed by atoms with van der Waals surface area (Å²) in [6.07, 6.45) is 2.71. The van der Waals surface area contributed by atoms with E-state index in [0.717, 1.165) is 28.8 Å². The van der Waals surface area contributed by atoms with E-state index < -0.39 is 27.8 Å². The smallest absolute Gasteiger partial charge is 0.326 e. The summed E-state index contributed by atoms with van der Waals surface area (Å²) < 4.78 is 27.8. The Morgan fingerprint density at radius 3 is 2.62 bits per heavy atom. The fourth-order valence-electron chi connectivity index (χ4n) is 2.59. The molecule has 0 fully saturated rings. The molecular weight excluding hydrogens is 360 g/mol. The summed E-state index contributed by atoms with van der Waals surface area (Å²) >= 11 is 0. The molecule has 2 aromatic heterocycles. The molecule has 0 bridgehead atoms. The van der Waals surface area contributed by atoms with Crippen molar-refractivity contribution in [1.29, 1.82) is 0 Å². The molecule has 0 saturated carbocycles. The number of rotatable bonds is 6. The molecule has 8 nitrogen and oxygen atoms in total. The van der Waals surface area contributed by atoms with Crippen molar-refractivity contribution in [3.63, 3.8) is 0 Å². The summed E-state index contributed by atoms with van der Waals surface area (Å²) in [6, 6.07) is 8.55. The number of benzene rings is 1. The second-order valence-corrected chi connectivity index (χ2v) is 7.77. The van der Waals surface area contributed by atoms with Gasteiger partial charge in [0, 0.05) is 29.8 Å². The summed E-state index contributed by atoms with van der Waals surface area (Å²) in [4.78, 5) is 26.8. The molecule has 0 aliphatic heterocycles. The Labute approximate surface area is 148 Å². The largest absolute Gasteiger partial charge is 0.480 e. The van der Waals surface area contributed by atoms with Gasteiger partial charge in [0.05, 0.1) is 0 Å². The number of aromatic nitrogens is 1. The first kappa shape index (κ1) is 17.7. The highest BCUT2D eigenvalue weighted by Crippen LogP contribution is 2.19. The van der Waals surface area contributed by atoms with E-state index in [-0.39, 0.29) is 17.3 Å². The van der Waals surface area contributed by atoms with E-state index in [0.29, 0.717) is 0 Å². The maximum absolute atomic E-state index is 12.2. The van der Waals surface area contributed by atoms with E-state index in [2.05, 4.69) is 10.3 Å². The van der Waals surface area contributed by atoms with Crippen molar-refractivity contribution in [2.75, 3.05) is 6.26 Å². The fraction of sp³-hybridized carbons (Fsp3) is 0.176. The highest BCUT2D eigenvalue weighted by atomic mass is 32.2. The number of fused-ring (bicyclic) bond motifs is 1. The first-order chi connectivity index (χ1) is 12.3. The van der Waals surface area contributed by atoms with Gasteiger partial charge in [0.1, 0.15) is 6.04 Å². The molecule has 9 heteroatoms. The second-order valence-electron chi connectivity index (χ2n) is 5.82. The number of sulfone groups is 1. The topological polar surface area (TPSA) is 129 Å². The van der Waals surface area contributed by atoms with Gasteiger partial charge in [-0.3, -0.25) is 4.79 Å². The number of carbonyl (C=O) groups is 2. The first-order valence-corrected chi connectivity index (χ1v) is 9.53. The van der Waals surface area contributed by atoms with E-state index >= 15 is 0 Å². The van der Waals surface area contributed by atoms with Crippen molar-refractivity contribution >= 4 is 32.6 Å². The average molecular weight is 376 g/mol. The van der Waals surface area contributed by atoms with E-state index in [1.807, 2.05) is 24.3 Å². The first-order valence-electron chi connectivity index (χ1n) is 7.64. The highest BCUT2D eigenvalue weighted by Gasteiger charge is 2.25. The molecule has 3 N–H and O–H groups in total. The summed E-state index contributed by atoms with van der Waals surface area (Å²) in [5.74, 6) is -2.28. The van der Waals surface area contributed by atoms with Gasteiger partial charge in [-0.25, -0.2) is 13.2 Å². The van der Waals surface area contributed by atoms with Gasteiger partial charge in [0.2, 0.25) is 14.9 Å². The van der Waals surface area contributed by atoms with E-state index in [1.54, 1.807) is 6.20 Å². The Hall–Kier alpha value is -3.07. The lowest BCUT2D eigenvalue weighted by Crippen LogP contribution is -2.42. The number of H-pyrrole nitrogens is 1. The molecule has 0 spiro atoms. The van der Waals surface area contributed by atoms with Crippen LogP contribution in [0.15, 0.2) is 52.1 Å². The zero-order valence-electron chi connectivity index (χ0n) is 13.7. The highest BCUT2D eigenvalue weighted by molar-refractivity contribution is 7.90. The van der Waals surface area contributed by atoms with Crippen LogP contribution in [-0.2, 0) is 21.1 Å². The molecule has 1 amide bonds. The number of amides is 1. The van der Waals surface area contributed by atoms with Crippen molar-refractivity contribution in [3.8, 4) is 0 Å². The standard InChI is InChI=1S/C17H16N2O6S/c1-26(23,24)15-7-6-14(25-15)16(20)19-13(17(21)22)8-10-9-18-12-5-3-2-4-11(10)12/h2-7,9,13,18H,8H2,1H3,(H,19,20)(H,21,22)/t13-/m1/s1. The lowest BCUT2D eigenvalue weighted by atomic mass is 10.0. The molecule has 3 rings (SSSR count). The molecule has 2 heterocycles. The van der Waals surface area contributed by atoms with Gasteiger partial charge in [-0.15, -0.1) is 0 Å². The number of hydrogen-bond acceptors (Lipinski definition) is 5. The normalized spacial score (nSPS) is 12.8. The van der Waals surface area contributed by atoms with Crippen LogP contribution < -0.4 is 5.32 Å². The second kappa shape index (κ2) is 6.68. The number of hydrogen-bond donors (Lipinski definition) is 3. The lowest BCUT2D eigenvalue weighted by Gasteiger charge is -2.13. The van der Waals surface area contributed by atoms with Gasteiger partial charge in [-0.1, -0.05) is 18.2 Å². The molecule has 26 heavy (non-hydrogen) atoms. The zero-order chi connectivity index (χ0) is 18.9. The molecule has 0 unspecified atom stereocenters. The third kappa shape index (κ3) is 3.62. The van der Waals surface area contributed by atoms with Crippen molar-refractivity contribution in [3.05, 3.63) is 53.9 Å². The Morgan fingerprint density at radius 1 is 1.23 bits per heavy atom. The summed E-state index contributed by atoms with van der Waals surface area (Å²) in [6.45, 7) is 0. The van der Waals surface area contributed by atoms with Crippen molar-refractivity contribution in [2.45, 2.75) is 17.6 Å². The summed E-state index contributed by atoms with van der Waals surface area (Å²) in [7, 11) is -3.59. The Kier molecular flexibility index (Phi) is 4.56. The van der Waals surface area contributed by atoms with Gasteiger partial charge >= 0.3 is 5.97 Å². The molecular formula is C17H16N2O6S. The minimum atomic E-state index is -3.59. The fourth-order valence-corrected chi connectivity index (χ4v) is 3.15. The minimum Gasteiger partial charge on any atom is -0.480 e. The maximum Gasteiger partial charge on any atom is 0.326 e. The molecule has 0 saturated heterocycles. The van der Waals surface area contributed by atoms with Crippen LogP contribution in [0.4, 0.5) is 0 Å². The van der Waals surface area contributed by atoms with Crippen LogP contribution >= 0.6 is 0 Å². The van der Waals surface area contributed by atoms with Crippen LogP contribution in [0.5, 0.6) is 0 Å². The third-order valence-electron chi connectivity index (χ3n) is 3.87. The van der Waals surface area contributed by atoms with Crippen LogP contribution in [0, 0.1) is 0 Å². The van der Waals surface area contributed by atoms with E-state index in [1.165, 1.54) is 6.07 Å². The van der Waals surface area contributed by atoms with Crippen LogP contribution in [0.1, 0.15) is 16.1 Å². The van der Waals surface area contributed by atoms with Crippen LogP contribution in [0.25, 0.3) is 10.9 Å². The maximum atomic E-state index is 12.2.